The van der Waals surface area contributed by atoms with Gasteiger partial charge in [-0.1, -0.05) is 12.6 Å². The van der Waals surface area contributed by atoms with E-state index in [4.69, 9.17) is 15.2 Å². The van der Waals surface area contributed by atoms with Gasteiger partial charge in [0.2, 0.25) is 11.8 Å². The van der Waals surface area contributed by atoms with Crippen molar-refractivity contribution in [2.75, 3.05) is 32.0 Å². The smallest absolute Gasteiger partial charge is 0.417 e. The van der Waals surface area contributed by atoms with Crippen LogP contribution in [-0.4, -0.2) is 75.8 Å². The number of amides is 1. The maximum absolute atomic E-state index is 17.0. The van der Waals surface area contributed by atoms with Crippen molar-refractivity contribution >= 4 is 43.2 Å². The summed E-state index contributed by atoms with van der Waals surface area (Å²) in [6.07, 6.45) is -3.91. The molecular formula is C34H30F6N6O3S. The van der Waals surface area contributed by atoms with E-state index >= 15 is 4.39 Å². The van der Waals surface area contributed by atoms with Crippen LogP contribution in [0.5, 0.6) is 11.9 Å². The number of rotatable bonds is 7. The first kappa shape index (κ1) is 33.9. The molecule has 50 heavy (non-hydrogen) atoms. The van der Waals surface area contributed by atoms with Crippen molar-refractivity contribution in [2.45, 2.75) is 62.6 Å². The molecule has 0 bridgehead atoms. The third kappa shape index (κ3) is 5.47. The molecule has 1 amide bonds. The van der Waals surface area contributed by atoms with Gasteiger partial charge in [0.05, 0.1) is 32.8 Å². The molecule has 0 aliphatic carbocycles. The molecule has 262 valence electrons. The maximum atomic E-state index is 17.0. The molecule has 2 aromatic heterocycles. The molecular weight excluding hydrogens is 686 g/mol. The van der Waals surface area contributed by atoms with Gasteiger partial charge in [-0.05, 0) is 50.1 Å². The van der Waals surface area contributed by atoms with Crippen LogP contribution in [0.15, 0.2) is 30.9 Å². The molecule has 0 spiro atoms. The largest absolute Gasteiger partial charge is 0.471 e. The Hall–Kier alpha value is -4.62. The predicted octanol–water partition coefficient (Wildman–Crippen LogP) is 6.77. The Bertz CT molecular complexity index is 2100. The molecule has 16 heteroatoms. The van der Waals surface area contributed by atoms with E-state index in [0.29, 0.717) is 30.4 Å². The first-order chi connectivity index (χ1) is 23.8. The molecule has 3 saturated heterocycles. The van der Waals surface area contributed by atoms with Gasteiger partial charge in [0, 0.05) is 36.9 Å². The number of halogens is 6. The summed E-state index contributed by atoms with van der Waals surface area (Å²) in [6.45, 7) is 6.30. The Labute approximate surface area is 285 Å². The number of nitrogens with two attached hydrogens (primary N) is 1. The third-order valence-electron chi connectivity index (χ3n) is 10.0. The summed E-state index contributed by atoms with van der Waals surface area (Å²) in [6, 6.07) is 3.34. The molecule has 0 saturated carbocycles. The van der Waals surface area contributed by atoms with Crippen LogP contribution in [0.2, 0.25) is 0 Å². The number of nitriles is 1. The number of benzene rings is 2. The first-order valence-corrected chi connectivity index (χ1v) is 16.7. The molecule has 2 aromatic carbocycles. The number of nitrogen functional groups attached to an aromatic ring is 1. The Morgan fingerprint density at radius 1 is 1.28 bits per heavy atom. The molecule has 0 unspecified atom stereocenters. The van der Waals surface area contributed by atoms with Crippen LogP contribution in [0.4, 0.5) is 31.3 Å². The number of hydrogen-bond acceptors (Lipinski definition) is 9. The van der Waals surface area contributed by atoms with Gasteiger partial charge in [-0.2, -0.15) is 28.4 Å². The fourth-order valence-electron chi connectivity index (χ4n) is 7.62. The second-order valence-corrected chi connectivity index (χ2v) is 13.9. The first-order valence-electron chi connectivity index (χ1n) is 15.9. The normalized spacial score (nSPS) is 23.8. The fraction of sp³-hybridized carbons (Fsp3) is 0.412. The number of hydrogen-bond donors (Lipinski definition) is 1. The van der Waals surface area contributed by atoms with E-state index < -0.39 is 81.2 Å². The standard InChI is InChI=1S/C34H30F6N6O3S/c1-3-24(47)46-10-7-23(16(46)2)49-31-19-11-21(34(38,39)40)26(18-5-6-22(36)29-25(18)20(13-41)30(42)50-29)27(37)28(19)43-32(44-31)48-15-33-8-4-9-45(33)14-17(35)12-33/h3,5-6,11,16-17,23H,1,4,7-10,12,14-15,42H2,2H3/t16-,17-,23-,33+/m1/s1. The van der Waals surface area contributed by atoms with E-state index in [9.17, 15) is 32.0 Å². The highest BCUT2D eigenvalue weighted by molar-refractivity contribution is 7.23. The molecule has 7 rings (SSSR count). The lowest BCUT2D eigenvalue weighted by Crippen LogP contribution is -2.43. The molecule has 4 atom stereocenters. The van der Waals surface area contributed by atoms with Crippen LogP contribution < -0.4 is 15.2 Å². The topological polar surface area (TPSA) is 118 Å². The summed E-state index contributed by atoms with van der Waals surface area (Å²) in [5, 5.41) is 8.95. The average molecular weight is 717 g/mol. The quantitative estimate of drug-likeness (QED) is 0.165. The van der Waals surface area contributed by atoms with Crippen molar-refractivity contribution in [1.29, 1.82) is 5.26 Å². The number of likely N-dealkylation sites (tertiary alicyclic amines) is 1. The number of carbonyl (C=O) groups excluding carboxylic acids is 1. The average Bonchev–Trinajstić information content (AvgIpc) is 3.81. The van der Waals surface area contributed by atoms with E-state index in [1.54, 1.807) is 13.0 Å². The van der Waals surface area contributed by atoms with Gasteiger partial charge >= 0.3 is 12.2 Å². The fourth-order valence-corrected chi connectivity index (χ4v) is 8.57. The molecule has 0 radical (unpaired) electrons. The van der Waals surface area contributed by atoms with E-state index in [1.807, 2.05) is 4.90 Å². The van der Waals surface area contributed by atoms with Crippen molar-refractivity contribution in [2.24, 2.45) is 0 Å². The van der Waals surface area contributed by atoms with Crippen LogP contribution in [0.3, 0.4) is 0 Å². The number of fused-ring (bicyclic) bond motifs is 3. The lowest BCUT2D eigenvalue weighted by Gasteiger charge is -2.31. The predicted molar refractivity (Wildman–Crippen MR) is 173 cm³/mol. The van der Waals surface area contributed by atoms with E-state index in [0.717, 1.165) is 24.6 Å². The van der Waals surface area contributed by atoms with Crippen LogP contribution in [0.1, 0.15) is 43.7 Å². The number of anilines is 1. The minimum atomic E-state index is -5.16. The maximum Gasteiger partial charge on any atom is 0.417 e. The third-order valence-corrected chi connectivity index (χ3v) is 11.0. The zero-order valence-corrected chi connectivity index (χ0v) is 27.4. The van der Waals surface area contributed by atoms with Gasteiger partial charge in [-0.25, -0.2) is 13.2 Å². The van der Waals surface area contributed by atoms with Crippen LogP contribution in [0.25, 0.3) is 32.1 Å². The molecule has 3 aliphatic rings. The second kappa shape index (κ2) is 12.3. The van der Waals surface area contributed by atoms with Gasteiger partial charge in [-0.15, -0.1) is 11.3 Å². The van der Waals surface area contributed by atoms with Gasteiger partial charge in [0.15, 0.2) is 5.82 Å². The molecule has 9 nitrogen and oxygen atoms in total. The molecule has 4 aromatic rings. The van der Waals surface area contributed by atoms with Crippen LogP contribution in [0, 0.1) is 23.0 Å². The van der Waals surface area contributed by atoms with Crippen molar-refractivity contribution in [3.05, 3.63) is 53.6 Å². The van der Waals surface area contributed by atoms with Crippen molar-refractivity contribution in [3.8, 4) is 29.1 Å². The number of nitrogens with zero attached hydrogens (tertiary/aromatic N) is 5. The van der Waals surface area contributed by atoms with Gasteiger partial charge in [0.1, 0.15) is 41.3 Å². The Balaban J connectivity index is 1.42. The van der Waals surface area contributed by atoms with Gasteiger partial charge in [-0.3, -0.25) is 9.69 Å². The summed E-state index contributed by atoms with van der Waals surface area (Å²) in [5.74, 6) is -3.07. The lowest BCUT2D eigenvalue weighted by atomic mass is 9.92. The number of alkyl halides is 4. The van der Waals surface area contributed by atoms with E-state index in [-0.39, 0.29) is 59.1 Å². The van der Waals surface area contributed by atoms with Crippen LogP contribution in [-0.2, 0) is 11.0 Å². The minimum absolute atomic E-state index is 0.0623. The zero-order valence-electron chi connectivity index (χ0n) is 26.6. The van der Waals surface area contributed by atoms with Crippen molar-refractivity contribution < 1.29 is 40.6 Å². The highest BCUT2D eigenvalue weighted by Gasteiger charge is 2.49. The summed E-state index contributed by atoms with van der Waals surface area (Å²) < 4.78 is 103. The van der Waals surface area contributed by atoms with Gasteiger partial charge in [0.25, 0.3) is 0 Å². The second-order valence-electron chi connectivity index (χ2n) is 12.9. The molecule has 3 fully saturated rings. The SMILES string of the molecule is C=CC(=O)N1CC[C@@H](Oc2nc(OC[C@@]34CCCN3C[C@H](F)C4)nc3c(F)c(-c4ccc(F)c5sc(N)c(C#N)c45)c(C(F)(F)F)cc23)[C@H]1C. The number of ether oxygens (including phenoxy) is 2. The summed E-state index contributed by atoms with van der Waals surface area (Å²) in [5.41, 5.74) is 1.56. The number of carbonyl (C=O) groups is 1. The highest BCUT2D eigenvalue weighted by atomic mass is 32.1. The summed E-state index contributed by atoms with van der Waals surface area (Å²) >= 11 is 0.660. The molecule has 2 N–H and O–H groups in total. The number of thiophene rings is 1. The Kier molecular flexibility index (Phi) is 8.33. The van der Waals surface area contributed by atoms with Crippen molar-refractivity contribution in [1.82, 2.24) is 19.8 Å². The monoisotopic (exact) mass is 716 g/mol. The van der Waals surface area contributed by atoms with Crippen molar-refractivity contribution in [3.63, 3.8) is 0 Å². The van der Waals surface area contributed by atoms with Gasteiger partial charge < -0.3 is 20.1 Å². The molecule has 3 aliphatic heterocycles. The van der Waals surface area contributed by atoms with E-state index in [2.05, 4.69) is 16.5 Å². The van der Waals surface area contributed by atoms with Crippen LogP contribution >= 0.6 is 11.3 Å². The number of aromatic nitrogens is 2. The highest BCUT2D eigenvalue weighted by Crippen LogP contribution is 2.48. The van der Waals surface area contributed by atoms with E-state index in [1.165, 1.54) is 4.90 Å². The zero-order chi connectivity index (χ0) is 35.7. The molecule has 5 heterocycles. The lowest BCUT2D eigenvalue weighted by molar-refractivity contribution is -0.137. The summed E-state index contributed by atoms with van der Waals surface area (Å²) in [7, 11) is 0. The Morgan fingerprint density at radius 3 is 2.78 bits per heavy atom. The summed E-state index contributed by atoms with van der Waals surface area (Å²) in [4.78, 5) is 24.4. The minimum Gasteiger partial charge on any atom is -0.471 e. The Morgan fingerprint density at radius 2 is 2.06 bits per heavy atom.